The molecule has 7 heteroatoms. The molecule has 0 aliphatic rings. The molecule has 0 amide bonds. The minimum Gasteiger partial charge on any atom is 0 e. The molecule has 1 rings (SSSR count). The maximum Gasteiger partial charge on any atom is 0 e. The molecule has 0 unspecified atom stereocenters. The van der Waals surface area contributed by atoms with Gasteiger partial charge in [0.1, 0.15) is 0 Å². The third kappa shape index (κ3) is 19.0. The first-order chi connectivity index (χ1) is 8.75. The second-order valence-corrected chi connectivity index (χ2v) is 2.35. The van der Waals surface area contributed by atoms with Gasteiger partial charge in [0.05, 0.1) is 6.57 Å². The van der Waals surface area contributed by atoms with Crippen molar-refractivity contribution in [2.75, 3.05) is 0 Å². The molecule has 1 radical (unpaired) electrons. The van der Waals surface area contributed by atoms with Crippen LogP contribution in [0.1, 0.15) is 11.1 Å². The van der Waals surface area contributed by atoms with Gasteiger partial charge in [0.2, 0.25) is 0 Å². The van der Waals surface area contributed by atoms with E-state index >= 15 is 0 Å². The van der Waals surface area contributed by atoms with Gasteiger partial charge in [-0.3, -0.25) is 0 Å². The summed E-state index contributed by atoms with van der Waals surface area (Å²) in [6.07, 6.45) is 0. The van der Waals surface area contributed by atoms with Crippen molar-refractivity contribution in [2.24, 2.45) is 0 Å². The van der Waals surface area contributed by atoms with Crippen molar-refractivity contribution in [3.8, 4) is 0 Å². The van der Waals surface area contributed by atoms with Gasteiger partial charge in [0.25, 0.3) is 0 Å². The topological polar surface area (TPSA) is 84.0 Å². The molecule has 20 heavy (non-hydrogen) atoms. The molecule has 0 aliphatic heterocycles. The average molecular weight is 379 g/mol. The summed E-state index contributed by atoms with van der Waals surface area (Å²) < 4.78 is 30.0. The summed E-state index contributed by atoms with van der Waals surface area (Å²) >= 11 is 0. The van der Waals surface area contributed by atoms with Gasteiger partial charge < -0.3 is 0 Å². The molecule has 0 saturated carbocycles. The second kappa shape index (κ2) is 36.1. The number of nitrogens with zero attached hydrogens (tertiary/aromatic N) is 1. The Morgan fingerprint density at radius 2 is 1.05 bits per heavy atom. The van der Waals surface area contributed by atoms with Gasteiger partial charge in [0, 0.05) is 17.1 Å². The van der Waals surface area contributed by atoms with Crippen LogP contribution in [0.4, 0.5) is 5.69 Å². The molecule has 0 aliphatic carbocycles. The van der Waals surface area contributed by atoms with Crippen molar-refractivity contribution < 1.29 is 35.7 Å². The zero-order valence-electron chi connectivity index (χ0n) is 10.6. The number of para-hydroxylation sites is 1. The van der Waals surface area contributed by atoms with Crippen LogP contribution < -0.4 is 0 Å². The molecule has 0 saturated heterocycles. The van der Waals surface area contributed by atoms with Crippen LogP contribution in [0.25, 0.3) is 4.85 Å². The molecule has 0 spiro atoms. The summed E-state index contributed by atoms with van der Waals surface area (Å²) in [5, 5.41) is 0. The Hall–Kier alpha value is -1.33. The van der Waals surface area contributed by atoms with E-state index in [2.05, 4.69) is 31.4 Å². The Bertz CT molecular complexity index is 403. The van der Waals surface area contributed by atoms with Crippen molar-refractivity contribution in [3.05, 3.63) is 67.3 Å². The van der Waals surface area contributed by atoms with Gasteiger partial charge in [-0.2, -0.15) is 0 Å². The molecule has 0 fully saturated rings. The van der Waals surface area contributed by atoms with Crippen LogP contribution >= 0.6 is 17.0 Å². The van der Waals surface area contributed by atoms with Crippen molar-refractivity contribution in [2.45, 2.75) is 13.8 Å². The third-order valence-electron chi connectivity index (χ3n) is 1.55. The van der Waals surface area contributed by atoms with Crippen LogP contribution in [0.5, 0.6) is 0 Å². The van der Waals surface area contributed by atoms with Gasteiger partial charge in [-0.15, -0.1) is 17.0 Å². The number of benzene rings is 1. The van der Waals surface area contributed by atoms with E-state index in [1.54, 1.807) is 0 Å². The third-order valence-corrected chi connectivity index (χ3v) is 1.55. The summed E-state index contributed by atoms with van der Waals surface area (Å²) in [6.45, 7) is 28.8. The average Bonchev–Trinajstić information content (AvgIpc) is 2.48. The van der Waals surface area contributed by atoms with Gasteiger partial charge in [-0.25, -0.2) is 4.85 Å². The maximum atomic E-state index is 7.50. The fraction of sp³-hybridized carbons (Fsp3) is 0.154. The molecule has 0 heterocycles. The first-order valence-electron chi connectivity index (χ1n) is 4.01. The molecular weight excluding hydrogens is 369 g/mol. The molecule has 0 aromatic heterocycles. The number of aryl methyl sites for hydroxylation is 2. The Morgan fingerprint density at radius 1 is 0.800 bits per heavy atom. The Morgan fingerprint density at radius 3 is 1.20 bits per heavy atom. The molecule has 0 N–H and O–H groups in total. The first kappa shape index (κ1) is 36.3. The minimum absolute atomic E-state index is 0. The van der Waals surface area contributed by atoms with Crippen molar-refractivity contribution >= 4 is 22.7 Å². The zero-order valence-corrected chi connectivity index (χ0v) is 13.5. The molecule has 5 nitrogen and oxygen atoms in total. The largest absolute Gasteiger partial charge is 0 e. The zero-order chi connectivity index (χ0) is 15.6. The van der Waals surface area contributed by atoms with E-state index < -0.39 is 0 Å². The monoisotopic (exact) mass is 378 g/mol. The van der Waals surface area contributed by atoms with Crippen molar-refractivity contribution in [3.63, 3.8) is 0 Å². The molecule has 1 aromatic rings. The molecular formula is C13H10BrMnNO4. The molecule has 0 bridgehead atoms. The molecule has 0 atom stereocenters. The number of hydrogen-bond donors (Lipinski definition) is 0. The smallest absolute Gasteiger partial charge is 0 e. The van der Waals surface area contributed by atoms with E-state index in [0.717, 1.165) is 16.8 Å². The standard InChI is InChI=1S/C9H9N.4CO.BrH.Mn/c1-7-5-4-6-8(2)9(7)10-3;4*1-2;;/h4-6H,1-2H3;;;;;1H;. The van der Waals surface area contributed by atoms with E-state index in [-0.39, 0.29) is 34.1 Å². The van der Waals surface area contributed by atoms with E-state index in [1.165, 1.54) is 0 Å². The fourth-order valence-electron chi connectivity index (χ4n) is 0.982. The van der Waals surface area contributed by atoms with E-state index in [4.69, 9.17) is 25.2 Å². The second-order valence-electron chi connectivity index (χ2n) is 2.35. The fourth-order valence-corrected chi connectivity index (χ4v) is 0.982. The Balaban J connectivity index is -0.0000000428. The van der Waals surface area contributed by atoms with Crippen molar-refractivity contribution in [1.29, 1.82) is 0 Å². The van der Waals surface area contributed by atoms with Crippen LogP contribution in [-0.2, 0) is 35.7 Å². The minimum atomic E-state index is 0. The maximum absolute atomic E-state index is 7.50. The van der Waals surface area contributed by atoms with Gasteiger partial charge >= 0.3 is 45.2 Å². The summed E-state index contributed by atoms with van der Waals surface area (Å²) in [5.41, 5.74) is 2.92. The summed E-state index contributed by atoms with van der Waals surface area (Å²) in [5.74, 6) is 0. The van der Waals surface area contributed by atoms with E-state index in [1.807, 2.05) is 32.0 Å². The van der Waals surface area contributed by atoms with Crippen LogP contribution in [0.2, 0.25) is 0 Å². The normalized spacial score (nSPS) is 4.85. The SMILES string of the molecule is Br.[C-]#[N+]c1c(C)cccc1C.[C-]#[O+].[C-]#[O+].[C-]#[O+].[C-]#[O+].[Mn]. The van der Waals surface area contributed by atoms with Crippen LogP contribution in [0.15, 0.2) is 18.2 Å². The van der Waals surface area contributed by atoms with Crippen LogP contribution in [-0.4, -0.2) is 0 Å². The number of rotatable bonds is 0. The number of halogens is 1. The van der Waals surface area contributed by atoms with Gasteiger partial charge in [0.15, 0.2) is 5.69 Å². The van der Waals surface area contributed by atoms with Gasteiger partial charge in [-0.1, -0.05) is 18.2 Å². The molecule has 105 valence electrons. The van der Waals surface area contributed by atoms with Crippen LogP contribution in [0.3, 0.4) is 0 Å². The Kier molecular flexibility index (Phi) is 65.5. The van der Waals surface area contributed by atoms with Crippen molar-refractivity contribution in [1.82, 2.24) is 0 Å². The predicted octanol–water partition coefficient (Wildman–Crippen LogP) is 3.28. The van der Waals surface area contributed by atoms with E-state index in [9.17, 15) is 0 Å². The van der Waals surface area contributed by atoms with Crippen LogP contribution in [0, 0.1) is 47.0 Å². The summed E-state index contributed by atoms with van der Waals surface area (Å²) in [7, 11) is 0. The molecule has 1 aromatic carbocycles. The Labute approximate surface area is 139 Å². The quantitative estimate of drug-likeness (QED) is 0.377. The number of hydrogen-bond acceptors (Lipinski definition) is 0. The predicted molar refractivity (Wildman–Crippen MR) is 68.2 cm³/mol. The van der Waals surface area contributed by atoms with Gasteiger partial charge in [-0.05, 0) is 25.0 Å². The summed E-state index contributed by atoms with van der Waals surface area (Å²) in [6, 6.07) is 5.89. The first-order valence-corrected chi connectivity index (χ1v) is 4.01. The van der Waals surface area contributed by atoms with E-state index in [0.29, 0.717) is 0 Å². The summed E-state index contributed by atoms with van der Waals surface area (Å²) in [4.78, 5) is 3.42.